The van der Waals surface area contributed by atoms with E-state index >= 15 is 0 Å². The molecule has 0 atom stereocenters. The van der Waals surface area contributed by atoms with Crippen molar-refractivity contribution in [3.63, 3.8) is 0 Å². The number of hydrogen-bond donors (Lipinski definition) is 0. The van der Waals surface area contributed by atoms with Crippen LogP contribution in [0.2, 0.25) is 0 Å². The van der Waals surface area contributed by atoms with Crippen LogP contribution in [0.4, 0.5) is 5.69 Å². The molecule has 0 aliphatic carbocycles. The van der Waals surface area contributed by atoms with Crippen molar-refractivity contribution in [1.82, 2.24) is 4.31 Å². The summed E-state index contributed by atoms with van der Waals surface area (Å²) in [4.78, 5) is 10.2. The molecule has 94 valence electrons. The van der Waals surface area contributed by atoms with Crippen molar-refractivity contribution >= 4 is 15.7 Å². The lowest BCUT2D eigenvalue weighted by Crippen LogP contribution is -2.28. The molecular formula is C10H14N2O4S. The highest BCUT2D eigenvalue weighted by atomic mass is 32.2. The first-order chi connectivity index (χ1) is 7.88. The zero-order valence-corrected chi connectivity index (χ0v) is 10.5. The second kappa shape index (κ2) is 5.24. The van der Waals surface area contributed by atoms with Crippen LogP contribution < -0.4 is 0 Å². The third-order valence-electron chi connectivity index (χ3n) is 2.42. The second-order valence-electron chi connectivity index (χ2n) is 3.54. The average Bonchev–Trinajstić information content (AvgIpc) is 2.29. The first-order valence-electron chi connectivity index (χ1n) is 5.04. The van der Waals surface area contributed by atoms with E-state index in [2.05, 4.69) is 0 Å². The van der Waals surface area contributed by atoms with Gasteiger partial charge in [-0.2, -0.15) is 0 Å². The van der Waals surface area contributed by atoms with Gasteiger partial charge < -0.3 is 0 Å². The minimum absolute atomic E-state index is 0.00727. The fraction of sp³-hybridized carbons (Fsp3) is 0.400. The smallest absolute Gasteiger partial charge is 0.258 e. The van der Waals surface area contributed by atoms with E-state index in [1.807, 2.05) is 0 Å². The minimum atomic E-state index is -3.33. The lowest BCUT2D eigenvalue weighted by molar-refractivity contribution is -0.385. The number of sulfonamides is 1. The van der Waals surface area contributed by atoms with Crippen LogP contribution in [-0.4, -0.2) is 30.4 Å². The Morgan fingerprint density at radius 2 is 1.94 bits per heavy atom. The Kier molecular flexibility index (Phi) is 4.19. The molecule has 1 aromatic rings. The molecule has 0 saturated heterocycles. The van der Waals surface area contributed by atoms with Gasteiger partial charge in [0.05, 0.1) is 10.7 Å². The number of rotatable bonds is 5. The van der Waals surface area contributed by atoms with Crippen LogP contribution in [0.15, 0.2) is 24.3 Å². The van der Waals surface area contributed by atoms with Gasteiger partial charge in [-0.25, -0.2) is 12.7 Å². The molecule has 6 nitrogen and oxygen atoms in total. The molecule has 17 heavy (non-hydrogen) atoms. The van der Waals surface area contributed by atoms with Crippen molar-refractivity contribution in [1.29, 1.82) is 0 Å². The molecule has 0 radical (unpaired) electrons. The van der Waals surface area contributed by atoms with Crippen molar-refractivity contribution < 1.29 is 13.3 Å². The van der Waals surface area contributed by atoms with Crippen molar-refractivity contribution in [2.45, 2.75) is 13.5 Å². The van der Waals surface area contributed by atoms with E-state index in [0.717, 1.165) is 4.31 Å². The van der Waals surface area contributed by atoms with Gasteiger partial charge in [0.15, 0.2) is 0 Å². The topological polar surface area (TPSA) is 80.5 Å². The summed E-state index contributed by atoms with van der Waals surface area (Å²) in [5, 5.41) is 10.8. The summed E-state index contributed by atoms with van der Waals surface area (Å²) < 4.78 is 24.2. The lowest BCUT2D eigenvalue weighted by Gasteiger charge is -2.15. The Bertz CT molecular complexity index is 513. The van der Waals surface area contributed by atoms with Gasteiger partial charge in [0.25, 0.3) is 5.69 Å². The van der Waals surface area contributed by atoms with Crippen LogP contribution >= 0.6 is 0 Å². The van der Waals surface area contributed by atoms with Crippen LogP contribution in [-0.2, 0) is 16.6 Å². The molecule has 0 bridgehead atoms. The molecule has 0 aliphatic heterocycles. The third-order valence-corrected chi connectivity index (χ3v) is 4.23. The zero-order chi connectivity index (χ0) is 13.1. The SMILES string of the molecule is CCS(=O)(=O)N(C)Cc1ccccc1[N+](=O)[O-]. The Morgan fingerprint density at radius 3 is 2.47 bits per heavy atom. The largest absolute Gasteiger partial charge is 0.273 e. The highest BCUT2D eigenvalue weighted by molar-refractivity contribution is 7.89. The van der Waals surface area contributed by atoms with E-state index in [0.29, 0.717) is 5.56 Å². The quantitative estimate of drug-likeness (QED) is 0.590. The van der Waals surface area contributed by atoms with Crippen molar-refractivity contribution in [2.24, 2.45) is 0 Å². The molecule has 1 rings (SSSR count). The summed E-state index contributed by atoms with van der Waals surface area (Å²) in [6, 6.07) is 6.12. The Hall–Kier alpha value is -1.47. The summed E-state index contributed by atoms with van der Waals surface area (Å²) in [5.41, 5.74) is 0.322. The second-order valence-corrected chi connectivity index (χ2v) is 5.91. The van der Waals surface area contributed by atoms with Crippen molar-refractivity contribution in [3.05, 3.63) is 39.9 Å². The summed E-state index contributed by atoms with van der Waals surface area (Å²) >= 11 is 0. The van der Waals surface area contributed by atoms with Gasteiger partial charge in [-0.3, -0.25) is 10.1 Å². The maximum Gasteiger partial charge on any atom is 0.273 e. The molecule has 0 fully saturated rings. The summed E-state index contributed by atoms with van der Waals surface area (Å²) in [5.74, 6) is -0.0237. The molecular weight excluding hydrogens is 244 g/mol. The molecule has 0 N–H and O–H groups in total. The van der Waals surface area contributed by atoms with E-state index in [9.17, 15) is 18.5 Å². The highest BCUT2D eigenvalue weighted by Gasteiger charge is 2.20. The first kappa shape index (κ1) is 13.6. The van der Waals surface area contributed by atoms with Gasteiger partial charge in [-0.15, -0.1) is 0 Å². The first-order valence-corrected chi connectivity index (χ1v) is 6.65. The molecule has 0 aliphatic rings. The molecule has 0 heterocycles. The normalized spacial score (nSPS) is 11.7. The standard InChI is InChI=1S/C10H14N2O4S/c1-3-17(15,16)11(2)8-9-6-4-5-7-10(9)12(13)14/h4-7H,3,8H2,1-2H3. The zero-order valence-electron chi connectivity index (χ0n) is 9.66. The van der Waals surface area contributed by atoms with Crippen molar-refractivity contribution in [2.75, 3.05) is 12.8 Å². The number of hydrogen-bond acceptors (Lipinski definition) is 4. The lowest BCUT2D eigenvalue weighted by atomic mass is 10.2. The maximum absolute atomic E-state index is 11.5. The fourth-order valence-corrected chi connectivity index (χ4v) is 2.16. The van der Waals surface area contributed by atoms with Crippen LogP contribution in [0.3, 0.4) is 0 Å². The van der Waals surface area contributed by atoms with Crippen LogP contribution in [0.5, 0.6) is 0 Å². The van der Waals surface area contributed by atoms with E-state index in [-0.39, 0.29) is 18.0 Å². The number of nitro groups is 1. The predicted molar refractivity (Wildman–Crippen MR) is 64.0 cm³/mol. The fourth-order valence-electron chi connectivity index (χ4n) is 1.38. The monoisotopic (exact) mass is 258 g/mol. The van der Waals surface area contributed by atoms with E-state index in [1.54, 1.807) is 18.2 Å². The van der Waals surface area contributed by atoms with E-state index in [4.69, 9.17) is 0 Å². The molecule has 0 saturated carbocycles. The maximum atomic E-state index is 11.5. The molecule has 0 aromatic heterocycles. The van der Waals surface area contributed by atoms with Crippen LogP contribution in [0.1, 0.15) is 12.5 Å². The van der Waals surface area contributed by atoms with Crippen LogP contribution in [0, 0.1) is 10.1 Å². The van der Waals surface area contributed by atoms with Gasteiger partial charge in [-0.05, 0) is 6.92 Å². The van der Waals surface area contributed by atoms with Gasteiger partial charge in [0.1, 0.15) is 0 Å². The molecule has 7 heteroatoms. The highest BCUT2D eigenvalue weighted by Crippen LogP contribution is 2.19. The number of benzene rings is 1. The number of nitrogens with zero attached hydrogens (tertiary/aromatic N) is 2. The third kappa shape index (κ3) is 3.24. The van der Waals surface area contributed by atoms with E-state index in [1.165, 1.54) is 20.0 Å². The van der Waals surface area contributed by atoms with Gasteiger partial charge >= 0.3 is 0 Å². The van der Waals surface area contributed by atoms with Crippen molar-refractivity contribution in [3.8, 4) is 0 Å². The van der Waals surface area contributed by atoms with Gasteiger partial charge in [0.2, 0.25) is 10.0 Å². The van der Waals surface area contributed by atoms with Gasteiger partial charge in [-0.1, -0.05) is 18.2 Å². The summed E-state index contributed by atoms with van der Waals surface area (Å²) in [7, 11) is -1.92. The average molecular weight is 258 g/mol. The number of nitro benzene ring substituents is 1. The molecule has 1 aromatic carbocycles. The molecule has 0 spiro atoms. The predicted octanol–water partition coefficient (Wildman–Crippen LogP) is 1.38. The van der Waals surface area contributed by atoms with Gasteiger partial charge in [0, 0.05) is 25.2 Å². The summed E-state index contributed by atoms with van der Waals surface area (Å²) in [6.45, 7) is 1.54. The Labute approximate surface area is 100 Å². The minimum Gasteiger partial charge on any atom is -0.258 e. The summed E-state index contributed by atoms with van der Waals surface area (Å²) in [6.07, 6.45) is 0. The molecule has 0 unspecified atom stereocenters. The Balaban J connectivity index is 3.00. The number of para-hydroxylation sites is 1. The molecule has 0 amide bonds. The van der Waals surface area contributed by atoms with Crippen LogP contribution in [0.25, 0.3) is 0 Å². The van der Waals surface area contributed by atoms with E-state index < -0.39 is 14.9 Å². The Morgan fingerprint density at radius 1 is 1.35 bits per heavy atom.